The third-order valence-electron chi connectivity index (χ3n) is 4.14. The predicted molar refractivity (Wildman–Crippen MR) is 91.9 cm³/mol. The van der Waals surface area contributed by atoms with Crippen molar-refractivity contribution in [3.8, 4) is 5.75 Å². The molecule has 1 aromatic rings. The van der Waals surface area contributed by atoms with E-state index < -0.39 is 10.0 Å². The molecule has 0 aliphatic carbocycles. The molecule has 2 rings (SSSR count). The standard InChI is InChI=1S/C16H25N3O4S/c1-4-17-24(21,22)15-12-13(6-7-14(15)23-3)16(20)19-10-8-18(5-2)9-11-19/h6-7,12,17H,4-5,8-11H2,1-3H3. The molecule has 7 nitrogen and oxygen atoms in total. The molecule has 1 N–H and O–H groups in total. The molecule has 1 saturated heterocycles. The molecule has 0 saturated carbocycles. The first-order chi connectivity index (χ1) is 11.4. The van der Waals surface area contributed by atoms with Crippen molar-refractivity contribution in [2.24, 2.45) is 0 Å². The number of ether oxygens (including phenoxy) is 1. The highest BCUT2D eigenvalue weighted by molar-refractivity contribution is 7.89. The molecule has 0 aromatic heterocycles. The van der Waals surface area contributed by atoms with Crippen LogP contribution in [0.4, 0.5) is 0 Å². The Kier molecular flexibility index (Phi) is 6.20. The third-order valence-corrected chi connectivity index (χ3v) is 5.71. The average Bonchev–Trinajstić information content (AvgIpc) is 2.60. The number of nitrogens with one attached hydrogen (secondary N) is 1. The minimum Gasteiger partial charge on any atom is -0.495 e. The lowest BCUT2D eigenvalue weighted by atomic mass is 10.1. The molecule has 0 unspecified atom stereocenters. The minimum absolute atomic E-state index is 0.00936. The summed E-state index contributed by atoms with van der Waals surface area (Å²) < 4.78 is 32.2. The Bertz CT molecular complexity index is 683. The normalized spacial score (nSPS) is 16.2. The van der Waals surface area contributed by atoms with Crippen LogP contribution in [0.2, 0.25) is 0 Å². The summed E-state index contributed by atoms with van der Waals surface area (Å²) in [5, 5.41) is 0. The van der Waals surface area contributed by atoms with E-state index in [1.54, 1.807) is 17.9 Å². The fourth-order valence-electron chi connectivity index (χ4n) is 2.74. The lowest BCUT2D eigenvalue weighted by Crippen LogP contribution is -2.48. The number of methoxy groups -OCH3 is 1. The van der Waals surface area contributed by atoms with Crippen molar-refractivity contribution < 1.29 is 17.9 Å². The number of piperazine rings is 1. The van der Waals surface area contributed by atoms with Crippen molar-refractivity contribution in [1.29, 1.82) is 0 Å². The fourth-order valence-corrected chi connectivity index (χ4v) is 3.97. The van der Waals surface area contributed by atoms with Crippen LogP contribution in [0, 0.1) is 0 Å². The van der Waals surface area contributed by atoms with Gasteiger partial charge in [-0.05, 0) is 24.7 Å². The average molecular weight is 355 g/mol. The van der Waals surface area contributed by atoms with Crippen LogP contribution in [0.25, 0.3) is 0 Å². The molecular formula is C16H25N3O4S. The summed E-state index contributed by atoms with van der Waals surface area (Å²) in [5.74, 6) is 0.0738. The number of amides is 1. The van der Waals surface area contributed by atoms with Crippen LogP contribution in [0.3, 0.4) is 0 Å². The Morgan fingerprint density at radius 2 is 1.88 bits per heavy atom. The number of rotatable bonds is 6. The van der Waals surface area contributed by atoms with Crippen LogP contribution in [-0.4, -0.2) is 70.5 Å². The van der Waals surface area contributed by atoms with Gasteiger partial charge in [-0.25, -0.2) is 13.1 Å². The molecular weight excluding hydrogens is 330 g/mol. The van der Waals surface area contributed by atoms with E-state index in [0.29, 0.717) is 18.7 Å². The summed E-state index contributed by atoms with van der Waals surface area (Å²) in [6.45, 7) is 7.99. The molecule has 1 aliphatic heterocycles. The van der Waals surface area contributed by atoms with Gasteiger partial charge in [0.2, 0.25) is 10.0 Å². The van der Waals surface area contributed by atoms with Crippen LogP contribution in [0.5, 0.6) is 5.75 Å². The van der Waals surface area contributed by atoms with Crippen molar-refractivity contribution in [1.82, 2.24) is 14.5 Å². The van der Waals surface area contributed by atoms with Gasteiger partial charge in [-0.2, -0.15) is 0 Å². The highest BCUT2D eigenvalue weighted by Gasteiger charge is 2.25. The Morgan fingerprint density at radius 3 is 2.42 bits per heavy atom. The number of sulfonamides is 1. The molecule has 0 atom stereocenters. The fraction of sp³-hybridized carbons (Fsp3) is 0.562. The summed E-state index contributed by atoms with van der Waals surface area (Å²) in [6, 6.07) is 4.53. The van der Waals surface area contributed by atoms with E-state index in [4.69, 9.17) is 4.74 Å². The van der Waals surface area contributed by atoms with Gasteiger partial charge >= 0.3 is 0 Å². The maximum atomic E-state index is 12.7. The lowest BCUT2D eigenvalue weighted by Gasteiger charge is -2.34. The minimum atomic E-state index is -3.71. The molecule has 0 bridgehead atoms. The summed E-state index contributed by atoms with van der Waals surface area (Å²) in [4.78, 5) is 16.7. The lowest BCUT2D eigenvalue weighted by molar-refractivity contribution is 0.0643. The van der Waals surface area contributed by atoms with Crippen LogP contribution in [0.1, 0.15) is 24.2 Å². The molecule has 0 radical (unpaired) electrons. The highest BCUT2D eigenvalue weighted by atomic mass is 32.2. The van der Waals surface area contributed by atoms with E-state index in [9.17, 15) is 13.2 Å². The first kappa shape index (κ1) is 18.7. The van der Waals surface area contributed by atoms with Gasteiger partial charge in [-0.15, -0.1) is 0 Å². The van der Waals surface area contributed by atoms with Crippen molar-refractivity contribution in [2.45, 2.75) is 18.7 Å². The predicted octanol–water partition coefficient (Wildman–Crippen LogP) is 0.771. The number of hydrogen-bond acceptors (Lipinski definition) is 5. The van der Waals surface area contributed by atoms with Gasteiger partial charge in [-0.3, -0.25) is 4.79 Å². The van der Waals surface area contributed by atoms with Crippen LogP contribution >= 0.6 is 0 Å². The van der Waals surface area contributed by atoms with Crippen molar-refractivity contribution >= 4 is 15.9 Å². The number of likely N-dealkylation sites (N-methyl/N-ethyl adjacent to an activating group) is 1. The molecule has 134 valence electrons. The second-order valence-electron chi connectivity index (χ2n) is 5.59. The van der Waals surface area contributed by atoms with E-state index >= 15 is 0 Å². The Labute approximate surface area is 143 Å². The molecule has 1 aliphatic rings. The highest BCUT2D eigenvalue weighted by Crippen LogP contribution is 2.25. The number of nitrogens with zero attached hydrogens (tertiary/aromatic N) is 2. The zero-order chi connectivity index (χ0) is 17.7. The monoisotopic (exact) mass is 355 g/mol. The van der Waals surface area contributed by atoms with Crippen LogP contribution in [0.15, 0.2) is 23.1 Å². The van der Waals surface area contributed by atoms with Gasteiger partial charge in [0.15, 0.2) is 0 Å². The zero-order valence-corrected chi connectivity index (χ0v) is 15.2. The van der Waals surface area contributed by atoms with E-state index in [0.717, 1.165) is 19.6 Å². The third kappa shape index (κ3) is 4.06. The molecule has 24 heavy (non-hydrogen) atoms. The van der Waals surface area contributed by atoms with E-state index in [2.05, 4.69) is 16.5 Å². The van der Waals surface area contributed by atoms with Crippen molar-refractivity contribution in [2.75, 3.05) is 46.4 Å². The summed E-state index contributed by atoms with van der Waals surface area (Å²) >= 11 is 0. The molecule has 1 aromatic carbocycles. The van der Waals surface area contributed by atoms with Crippen LogP contribution < -0.4 is 9.46 Å². The number of carbonyl (C=O) groups is 1. The first-order valence-corrected chi connectivity index (χ1v) is 9.60. The summed E-state index contributed by atoms with van der Waals surface area (Å²) in [5.41, 5.74) is 0.359. The number of benzene rings is 1. The van der Waals surface area contributed by atoms with Crippen LogP contribution in [-0.2, 0) is 10.0 Å². The largest absolute Gasteiger partial charge is 0.495 e. The van der Waals surface area contributed by atoms with Gasteiger partial charge in [0, 0.05) is 38.3 Å². The number of hydrogen-bond donors (Lipinski definition) is 1. The Balaban J connectivity index is 2.27. The van der Waals surface area contributed by atoms with E-state index in [1.165, 1.54) is 19.2 Å². The van der Waals surface area contributed by atoms with E-state index in [1.807, 2.05) is 0 Å². The van der Waals surface area contributed by atoms with Gasteiger partial charge in [0.1, 0.15) is 10.6 Å². The maximum absolute atomic E-state index is 12.7. The van der Waals surface area contributed by atoms with Gasteiger partial charge in [-0.1, -0.05) is 13.8 Å². The SMILES string of the molecule is CCNS(=O)(=O)c1cc(C(=O)N2CCN(CC)CC2)ccc1OC. The summed E-state index contributed by atoms with van der Waals surface area (Å²) in [6.07, 6.45) is 0. The smallest absolute Gasteiger partial charge is 0.253 e. The van der Waals surface area contributed by atoms with Gasteiger partial charge in [0.05, 0.1) is 7.11 Å². The van der Waals surface area contributed by atoms with E-state index in [-0.39, 0.29) is 23.1 Å². The molecule has 0 spiro atoms. The summed E-state index contributed by atoms with van der Waals surface area (Å²) in [7, 11) is -2.30. The van der Waals surface area contributed by atoms with Crippen molar-refractivity contribution in [3.63, 3.8) is 0 Å². The molecule has 1 fully saturated rings. The van der Waals surface area contributed by atoms with Gasteiger partial charge < -0.3 is 14.5 Å². The number of carbonyl (C=O) groups excluding carboxylic acids is 1. The Morgan fingerprint density at radius 1 is 1.21 bits per heavy atom. The second kappa shape index (κ2) is 7.96. The quantitative estimate of drug-likeness (QED) is 0.815. The Hall–Kier alpha value is -1.64. The molecule has 8 heteroatoms. The first-order valence-electron chi connectivity index (χ1n) is 8.12. The van der Waals surface area contributed by atoms with Gasteiger partial charge in [0.25, 0.3) is 5.91 Å². The topological polar surface area (TPSA) is 79.0 Å². The molecule has 1 heterocycles. The van der Waals surface area contributed by atoms with Crippen molar-refractivity contribution in [3.05, 3.63) is 23.8 Å². The maximum Gasteiger partial charge on any atom is 0.253 e. The second-order valence-corrected chi connectivity index (χ2v) is 7.33. The zero-order valence-electron chi connectivity index (χ0n) is 14.4. The molecule has 1 amide bonds.